The normalized spacial score (nSPS) is 12.4. The molecule has 17 heavy (non-hydrogen) atoms. The van der Waals surface area contributed by atoms with Gasteiger partial charge in [0.2, 0.25) is 0 Å². The van der Waals surface area contributed by atoms with Crippen molar-refractivity contribution in [1.82, 2.24) is 0 Å². The molecule has 1 atom stereocenters. The van der Waals surface area contributed by atoms with Crippen molar-refractivity contribution in [3.05, 3.63) is 33.8 Å². The first-order valence-electron chi connectivity index (χ1n) is 5.33. The van der Waals surface area contributed by atoms with Crippen molar-refractivity contribution in [2.24, 2.45) is 0 Å². The second-order valence-corrected chi connectivity index (χ2v) is 4.46. The molecule has 0 saturated carbocycles. The van der Waals surface area contributed by atoms with E-state index in [1.54, 1.807) is 18.2 Å². The standard InChI is InChI=1S/C12H14Cl2O3/c1-2-5-17-11(12(15)16)7-8-3-4-9(13)10(14)6-8/h3-4,6,11H,2,5,7H2,1H3,(H,15,16)/t11-/m1/s1. The van der Waals surface area contributed by atoms with Crippen molar-refractivity contribution in [3.8, 4) is 0 Å². The third kappa shape index (κ3) is 4.54. The average Bonchev–Trinajstić information content (AvgIpc) is 2.28. The van der Waals surface area contributed by atoms with Gasteiger partial charge >= 0.3 is 5.97 Å². The van der Waals surface area contributed by atoms with Crippen LogP contribution in [0.5, 0.6) is 0 Å². The predicted molar refractivity (Wildman–Crippen MR) is 67.8 cm³/mol. The van der Waals surface area contributed by atoms with E-state index in [2.05, 4.69) is 0 Å². The Morgan fingerprint density at radius 2 is 2.12 bits per heavy atom. The van der Waals surface area contributed by atoms with Gasteiger partial charge in [0, 0.05) is 13.0 Å². The molecule has 0 bridgehead atoms. The minimum Gasteiger partial charge on any atom is -0.479 e. The highest BCUT2D eigenvalue weighted by Crippen LogP contribution is 2.23. The first kappa shape index (κ1) is 14.3. The highest BCUT2D eigenvalue weighted by molar-refractivity contribution is 6.42. The second-order valence-electron chi connectivity index (χ2n) is 3.65. The molecule has 1 aromatic carbocycles. The van der Waals surface area contributed by atoms with Crippen LogP contribution < -0.4 is 0 Å². The Balaban J connectivity index is 2.71. The number of carboxylic acid groups (broad SMARTS) is 1. The number of halogens is 2. The maximum absolute atomic E-state index is 11.0. The molecule has 1 aromatic rings. The van der Waals surface area contributed by atoms with E-state index in [1.165, 1.54) is 0 Å². The van der Waals surface area contributed by atoms with Crippen molar-refractivity contribution in [3.63, 3.8) is 0 Å². The van der Waals surface area contributed by atoms with Gasteiger partial charge in [-0.2, -0.15) is 0 Å². The Morgan fingerprint density at radius 3 is 2.65 bits per heavy atom. The summed E-state index contributed by atoms with van der Waals surface area (Å²) in [6.45, 7) is 2.36. The van der Waals surface area contributed by atoms with E-state index < -0.39 is 12.1 Å². The van der Waals surface area contributed by atoms with Gasteiger partial charge in [-0.1, -0.05) is 36.2 Å². The van der Waals surface area contributed by atoms with Crippen LogP contribution >= 0.6 is 23.2 Å². The molecule has 0 aliphatic heterocycles. The highest BCUT2D eigenvalue weighted by Gasteiger charge is 2.18. The Bertz CT molecular complexity index is 393. The Kier molecular flexibility index (Phi) is 5.75. The van der Waals surface area contributed by atoms with Crippen molar-refractivity contribution in [1.29, 1.82) is 0 Å². The largest absolute Gasteiger partial charge is 0.479 e. The van der Waals surface area contributed by atoms with E-state index in [4.69, 9.17) is 33.0 Å². The topological polar surface area (TPSA) is 46.5 Å². The number of hydrogen-bond donors (Lipinski definition) is 1. The molecule has 5 heteroatoms. The molecule has 94 valence electrons. The molecule has 0 heterocycles. The van der Waals surface area contributed by atoms with Gasteiger partial charge in [0.1, 0.15) is 0 Å². The molecule has 0 fully saturated rings. The van der Waals surface area contributed by atoms with E-state index in [0.29, 0.717) is 16.7 Å². The minimum absolute atomic E-state index is 0.284. The molecule has 0 unspecified atom stereocenters. The summed E-state index contributed by atoms with van der Waals surface area (Å²) in [5.41, 5.74) is 0.794. The number of aliphatic carboxylic acids is 1. The molecule has 0 aliphatic carbocycles. The smallest absolute Gasteiger partial charge is 0.333 e. The SMILES string of the molecule is CCCO[C@H](Cc1ccc(Cl)c(Cl)c1)C(=O)O. The second kappa shape index (κ2) is 6.84. The number of rotatable bonds is 6. The molecular weight excluding hydrogens is 263 g/mol. The lowest BCUT2D eigenvalue weighted by molar-refractivity contribution is -0.150. The number of ether oxygens (including phenoxy) is 1. The molecule has 0 aliphatic rings. The molecule has 1 N–H and O–H groups in total. The molecule has 1 rings (SSSR count). The summed E-state index contributed by atoms with van der Waals surface area (Å²) >= 11 is 11.6. The van der Waals surface area contributed by atoms with E-state index in [-0.39, 0.29) is 6.42 Å². The lowest BCUT2D eigenvalue weighted by Crippen LogP contribution is -2.26. The van der Waals surface area contributed by atoms with Crippen LogP contribution in [0.2, 0.25) is 10.0 Å². The summed E-state index contributed by atoms with van der Waals surface area (Å²) in [6, 6.07) is 5.06. The van der Waals surface area contributed by atoms with Crippen LogP contribution in [0.25, 0.3) is 0 Å². The van der Waals surface area contributed by atoms with Crippen LogP contribution in [0.1, 0.15) is 18.9 Å². The van der Waals surface area contributed by atoms with Gasteiger partial charge in [-0.3, -0.25) is 0 Å². The fourth-order valence-corrected chi connectivity index (χ4v) is 1.68. The monoisotopic (exact) mass is 276 g/mol. The van der Waals surface area contributed by atoms with Crippen LogP contribution in [0.15, 0.2) is 18.2 Å². The predicted octanol–water partition coefficient (Wildman–Crippen LogP) is 3.42. The summed E-state index contributed by atoms with van der Waals surface area (Å²) < 4.78 is 5.25. The summed E-state index contributed by atoms with van der Waals surface area (Å²) in [5.74, 6) is -0.968. The summed E-state index contributed by atoms with van der Waals surface area (Å²) in [5, 5.41) is 9.88. The van der Waals surface area contributed by atoms with E-state index >= 15 is 0 Å². The maximum atomic E-state index is 11.0. The third-order valence-corrected chi connectivity index (χ3v) is 2.94. The van der Waals surface area contributed by atoms with Crippen LogP contribution in [0, 0.1) is 0 Å². The van der Waals surface area contributed by atoms with Crippen molar-refractivity contribution < 1.29 is 14.6 Å². The van der Waals surface area contributed by atoms with E-state index in [1.807, 2.05) is 6.92 Å². The van der Waals surface area contributed by atoms with E-state index in [9.17, 15) is 4.79 Å². The van der Waals surface area contributed by atoms with Crippen molar-refractivity contribution >= 4 is 29.2 Å². The van der Waals surface area contributed by atoms with Crippen molar-refractivity contribution in [2.45, 2.75) is 25.9 Å². The van der Waals surface area contributed by atoms with Crippen molar-refractivity contribution in [2.75, 3.05) is 6.61 Å². The molecule has 3 nitrogen and oxygen atoms in total. The van der Waals surface area contributed by atoms with Crippen LogP contribution in [0.3, 0.4) is 0 Å². The molecule has 0 saturated heterocycles. The first-order chi connectivity index (χ1) is 8.04. The third-order valence-electron chi connectivity index (χ3n) is 2.20. The fraction of sp³-hybridized carbons (Fsp3) is 0.417. The first-order valence-corrected chi connectivity index (χ1v) is 6.08. The summed E-state index contributed by atoms with van der Waals surface area (Å²) in [4.78, 5) is 11.0. The number of carbonyl (C=O) groups is 1. The van der Waals surface area contributed by atoms with Gasteiger partial charge in [-0.25, -0.2) is 4.79 Å². The van der Waals surface area contributed by atoms with Crippen LogP contribution in [0.4, 0.5) is 0 Å². The fourth-order valence-electron chi connectivity index (χ4n) is 1.36. The molecule has 0 aromatic heterocycles. The Hall–Kier alpha value is -0.770. The van der Waals surface area contributed by atoms with Gasteiger partial charge in [-0.05, 0) is 24.1 Å². The zero-order chi connectivity index (χ0) is 12.8. The van der Waals surface area contributed by atoms with Gasteiger partial charge in [0.15, 0.2) is 6.10 Å². The quantitative estimate of drug-likeness (QED) is 0.866. The van der Waals surface area contributed by atoms with Gasteiger partial charge in [0.25, 0.3) is 0 Å². The molecule has 0 radical (unpaired) electrons. The molecule has 0 spiro atoms. The zero-order valence-electron chi connectivity index (χ0n) is 9.45. The highest BCUT2D eigenvalue weighted by atomic mass is 35.5. The lowest BCUT2D eigenvalue weighted by atomic mass is 10.1. The molecule has 0 amide bonds. The number of carboxylic acids is 1. The number of hydrogen-bond acceptors (Lipinski definition) is 2. The Labute approximate surface area is 110 Å². The summed E-state index contributed by atoms with van der Waals surface area (Å²) in [6.07, 6.45) is 0.226. The average molecular weight is 277 g/mol. The zero-order valence-corrected chi connectivity index (χ0v) is 11.0. The minimum atomic E-state index is -0.968. The van der Waals surface area contributed by atoms with Gasteiger partial charge in [0.05, 0.1) is 10.0 Å². The molecular formula is C12H14Cl2O3. The van der Waals surface area contributed by atoms with Crippen LogP contribution in [-0.2, 0) is 16.0 Å². The van der Waals surface area contributed by atoms with E-state index in [0.717, 1.165) is 12.0 Å². The Morgan fingerprint density at radius 1 is 1.41 bits per heavy atom. The number of benzene rings is 1. The van der Waals surface area contributed by atoms with Gasteiger partial charge < -0.3 is 9.84 Å². The lowest BCUT2D eigenvalue weighted by Gasteiger charge is -2.13. The summed E-state index contributed by atoms with van der Waals surface area (Å²) in [7, 11) is 0. The van der Waals surface area contributed by atoms with Gasteiger partial charge in [-0.15, -0.1) is 0 Å². The van der Waals surface area contributed by atoms with Crippen LogP contribution in [-0.4, -0.2) is 23.8 Å². The maximum Gasteiger partial charge on any atom is 0.333 e.